The molecule has 6 nitrogen and oxygen atoms in total. The summed E-state index contributed by atoms with van der Waals surface area (Å²) < 4.78 is 5.07. The Balaban J connectivity index is 1.80. The molecule has 150 valence electrons. The van der Waals surface area contributed by atoms with E-state index in [1.807, 2.05) is 0 Å². The van der Waals surface area contributed by atoms with Crippen molar-refractivity contribution in [2.24, 2.45) is 0 Å². The highest BCUT2D eigenvalue weighted by Crippen LogP contribution is 2.19. The predicted octanol–water partition coefficient (Wildman–Crippen LogP) is 3.47. The number of esters is 1. The molecule has 0 bridgehead atoms. The minimum atomic E-state index is -0.646. The zero-order valence-electron chi connectivity index (χ0n) is 17.1. The van der Waals surface area contributed by atoms with Crippen LogP contribution < -0.4 is 5.32 Å². The molecule has 2 rings (SSSR count). The number of hydrogen-bond acceptors (Lipinski definition) is 4. The number of amides is 1. The largest absolute Gasteiger partial charge is 0.451 e. The molecule has 0 radical (unpaired) electrons. The molecule has 0 unspecified atom stereocenters. The number of aromatic nitrogens is 1. The number of ketones is 1. The monoisotopic (exact) mass is 384 g/mol. The summed E-state index contributed by atoms with van der Waals surface area (Å²) in [5.41, 5.74) is 4.27. The Kier molecular flexibility index (Phi) is 7.15. The minimum Gasteiger partial charge on any atom is -0.451 e. The maximum atomic E-state index is 12.2. The van der Waals surface area contributed by atoms with Gasteiger partial charge in [-0.1, -0.05) is 38.1 Å². The third-order valence-electron chi connectivity index (χ3n) is 4.71. The maximum Gasteiger partial charge on any atom is 0.355 e. The van der Waals surface area contributed by atoms with Crippen molar-refractivity contribution in [3.05, 3.63) is 57.9 Å². The van der Waals surface area contributed by atoms with E-state index in [0.717, 1.165) is 5.56 Å². The molecular weight excluding hydrogens is 356 g/mol. The molecule has 0 aliphatic carbocycles. The molecule has 1 aromatic heterocycles. The lowest BCUT2D eigenvalue weighted by molar-refractivity contribution is -0.124. The quantitative estimate of drug-likeness (QED) is 0.539. The first kappa shape index (κ1) is 21.4. The van der Waals surface area contributed by atoms with Crippen LogP contribution in [0.25, 0.3) is 0 Å². The minimum absolute atomic E-state index is 0.121. The molecule has 1 heterocycles. The van der Waals surface area contributed by atoms with Gasteiger partial charge in [0.1, 0.15) is 5.69 Å². The van der Waals surface area contributed by atoms with Crippen LogP contribution in [0.3, 0.4) is 0 Å². The molecule has 0 spiro atoms. The topological polar surface area (TPSA) is 88.3 Å². The van der Waals surface area contributed by atoms with Gasteiger partial charge in [0.15, 0.2) is 12.4 Å². The van der Waals surface area contributed by atoms with Crippen molar-refractivity contribution in [3.8, 4) is 0 Å². The number of aromatic amines is 1. The zero-order chi connectivity index (χ0) is 20.8. The number of hydrogen-bond donors (Lipinski definition) is 2. The lowest BCUT2D eigenvalue weighted by Gasteiger charge is -2.08. The van der Waals surface area contributed by atoms with Gasteiger partial charge in [0, 0.05) is 17.8 Å². The lowest BCUT2D eigenvalue weighted by Crippen LogP contribution is -2.30. The summed E-state index contributed by atoms with van der Waals surface area (Å²) in [4.78, 5) is 38.6. The fourth-order valence-corrected chi connectivity index (χ4v) is 3.15. The SMILES string of the molecule is CC(=O)c1c(C)[nH]c(C(=O)OCC(=O)NCCc2ccc(C(C)C)cc2)c1C. The smallest absolute Gasteiger partial charge is 0.355 e. The third kappa shape index (κ3) is 5.31. The van der Waals surface area contributed by atoms with E-state index in [0.29, 0.717) is 35.7 Å². The molecule has 0 saturated carbocycles. The van der Waals surface area contributed by atoms with Crippen LogP contribution in [0.2, 0.25) is 0 Å². The molecule has 0 fully saturated rings. The van der Waals surface area contributed by atoms with Gasteiger partial charge in [-0.2, -0.15) is 0 Å². The molecule has 0 atom stereocenters. The molecule has 0 aliphatic heterocycles. The van der Waals surface area contributed by atoms with Crippen molar-refractivity contribution in [2.45, 2.75) is 47.0 Å². The van der Waals surface area contributed by atoms with Crippen LogP contribution in [0.15, 0.2) is 24.3 Å². The Morgan fingerprint density at radius 1 is 1.11 bits per heavy atom. The van der Waals surface area contributed by atoms with Crippen LogP contribution in [0, 0.1) is 13.8 Å². The number of aryl methyl sites for hydroxylation is 1. The van der Waals surface area contributed by atoms with Crippen LogP contribution in [-0.4, -0.2) is 35.8 Å². The Bertz CT molecular complexity index is 863. The van der Waals surface area contributed by atoms with Gasteiger partial charge in [0.05, 0.1) is 0 Å². The summed E-state index contributed by atoms with van der Waals surface area (Å²) in [7, 11) is 0. The second-order valence-electron chi connectivity index (χ2n) is 7.25. The van der Waals surface area contributed by atoms with Crippen LogP contribution >= 0.6 is 0 Å². The molecule has 1 amide bonds. The van der Waals surface area contributed by atoms with E-state index in [1.165, 1.54) is 12.5 Å². The van der Waals surface area contributed by atoms with Gasteiger partial charge in [0.25, 0.3) is 5.91 Å². The van der Waals surface area contributed by atoms with Gasteiger partial charge in [-0.25, -0.2) is 4.79 Å². The zero-order valence-corrected chi connectivity index (χ0v) is 17.1. The third-order valence-corrected chi connectivity index (χ3v) is 4.71. The fourth-order valence-electron chi connectivity index (χ4n) is 3.15. The molecular formula is C22H28N2O4. The van der Waals surface area contributed by atoms with E-state index in [2.05, 4.69) is 48.4 Å². The van der Waals surface area contributed by atoms with Gasteiger partial charge in [-0.3, -0.25) is 9.59 Å². The number of carbonyl (C=O) groups excluding carboxylic acids is 3. The fraction of sp³-hybridized carbons (Fsp3) is 0.409. The molecule has 0 saturated heterocycles. The number of carbonyl (C=O) groups is 3. The number of rotatable bonds is 8. The van der Waals surface area contributed by atoms with Gasteiger partial charge in [0.2, 0.25) is 0 Å². The van der Waals surface area contributed by atoms with Gasteiger partial charge in [-0.05, 0) is 49.8 Å². The number of nitrogens with one attached hydrogen (secondary N) is 2. The van der Waals surface area contributed by atoms with Crippen LogP contribution in [0.5, 0.6) is 0 Å². The summed E-state index contributed by atoms with van der Waals surface area (Å²) >= 11 is 0. The van der Waals surface area contributed by atoms with Crippen LogP contribution in [0.4, 0.5) is 0 Å². The Hall–Kier alpha value is -2.89. The summed E-state index contributed by atoms with van der Waals surface area (Å²) in [6.07, 6.45) is 0.703. The van der Waals surface area contributed by atoms with E-state index < -0.39 is 5.97 Å². The number of H-pyrrole nitrogens is 1. The average molecular weight is 384 g/mol. The van der Waals surface area contributed by atoms with E-state index in [-0.39, 0.29) is 24.0 Å². The molecule has 2 aromatic rings. The number of Topliss-reactive ketones (excluding diaryl/α,β-unsaturated/α-hetero) is 1. The van der Waals surface area contributed by atoms with Gasteiger partial charge < -0.3 is 15.0 Å². The first-order valence-electron chi connectivity index (χ1n) is 9.43. The molecule has 28 heavy (non-hydrogen) atoms. The summed E-state index contributed by atoms with van der Waals surface area (Å²) in [5.74, 6) is -0.640. The molecule has 6 heteroatoms. The van der Waals surface area contributed by atoms with Crippen molar-refractivity contribution in [1.29, 1.82) is 0 Å². The highest BCUT2D eigenvalue weighted by Gasteiger charge is 2.21. The Labute approximate surface area is 165 Å². The second kappa shape index (κ2) is 9.35. The van der Waals surface area contributed by atoms with Crippen molar-refractivity contribution in [1.82, 2.24) is 10.3 Å². The average Bonchev–Trinajstić information content (AvgIpc) is 2.94. The molecule has 0 aliphatic rings. The first-order valence-corrected chi connectivity index (χ1v) is 9.43. The second-order valence-corrected chi connectivity index (χ2v) is 7.25. The number of benzene rings is 1. The standard InChI is InChI=1S/C22H28N2O4/c1-13(2)18-8-6-17(7-9-18)10-11-23-19(26)12-28-22(27)21-14(3)20(16(5)25)15(4)24-21/h6-9,13,24H,10-12H2,1-5H3,(H,23,26). The van der Waals surface area contributed by atoms with E-state index in [9.17, 15) is 14.4 Å². The summed E-state index contributed by atoms with van der Waals surface area (Å²) in [6, 6.07) is 8.31. The van der Waals surface area contributed by atoms with E-state index in [1.54, 1.807) is 13.8 Å². The first-order chi connectivity index (χ1) is 13.2. The predicted molar refractivity (Wildman–Crippen MR) is 108 cm³/mol. The lowest BCUT2D eigenvalue weighted by atomic mass is 10.0. The van der Waals surface area contributed by atoms with Gasteiger partial charge in [-0.15, -0.1) is 0 Å². The highest BCUT2D eigenvalue weighted by molar-refractivity contribution is 6.01. The normalized spacial score (nSPS) is 10.8. The van der Waals surface area contributed by atoms with Crippen molar-refractivity contribution >= 4 is 17.7 Å². The van der Waals surface area contributed by atoms with Crippen molar-refractivity contribution in [3.63, 3.8) is 0 Å². The maximum absolute atomic E-state index is 12.2. The van der Waals surface area contributed by atoms with Crippen molar-refractivity contribution < 1.29 is 19.1 Å². The Morgan fingerprint density at radius 3 is 2.29 bits per heavy atom. The van der Waals surface area contributed by atoms with Crippen LogP contribution in [-0.2, 0) is 16.0 Å². The number of ether oxygens (including phenoxy) is 1. The highest BCUT2D eigenvalue weighted by atomic mass is 16.5. The van der Waals surface area contributed by atoms with E-state index >= 15 is 0 Å². The Morgan fingerprint density at radius 2 is 1.75 bits per heavy atom. The summed E-state index contributed by atoms with van der Waals surface area (Å²) in [6.45, 7) is 9.25. The van der Waals surface area contributed by atoms with Crippen LogP contribution in [0.1, 0.15) is 69.9 Å². The molecule has 1 aromatic carbocycles. The molecule has 2 N–H and O–H groups in total. The van der Waals surface area contributed by atoms with E-state index in [4.69, 9.17) is 4.74 Å². The van der Waals surface area contributed by atoms with Gasteiger partial charge >= 0.3 is 5.97 Å². The summed E-state index contributed by atoms with van der Waals surface area (Å²) in [5, 5.41) is 2.74. The van der Waals surface area contributed by atoms with Crippen molar-refractivity contribution in [2.75, 3.05) is 13.2 Å².